The zero-order chi connectivity index (χ0) is 10.8. The van der Waals surface area contributed by atoms with E-state index in [-0.39, 0.29) is 6.23 Å². The standard InChI is InChI=1S/C11H23N3O/c1-8(2)15-10-5-4-9-11(13-10)14(3)7-6-12-9/h8-13H,4-7H2,1-3H3. The molecule has 2 aliphatic rings. The average Bonchev–Trinajstić information content (AvgIpc) is 2.18. The van der Waals surface area contributed by atoms with Gasteiger partial charge in [0.25, 0.3) is 0 Å². The van der Waals surface area contributed by atoms with Crippen LogP contribution < -0.4 is 10.6 Å². The zero-order valence-electron chi connectivity index (χ0n) is 9.99. The lowest BCUT2D eigenvalue weighted by Crippen LogP contribution is -2.67. The lowest BCUT2D eigenvalue weighted by Gasteiger charge is -2.46. The minimum absolute atomic E-state index is 0.230. The Morgan fingerprint density at radius 3 is 2.87 bits per heavy atom. The SMILES string of the molecule is CC(C)OC1CCC2NCCN(C)C2N1. The van der Waals surface area contributed by atoms with Gasteiger partial charge in [-0.2, -0.15) is 0 Å². The number of likely N-dealkylation sites (N-methyl/N-ethyl adjacent to an activating group) is 1. The van der Waals surface area contributed by atoms with E-state index in [1.807, 2.05) is 0 Å². The van der Waals surface area contributed by atoms with Gasteiger partial charge in [0, 0.05) is 19.1 Å². The van der Waals surface area contributed by atoms with Crippen LogP contribution in [0.4, 0.5) is 0 Å². The number of nitrogens with one attached hydrogen (secondary N) is 2. The summed E-state index contributed by atoms with van der Waals surface area (Å²) < 4.78 is 5.82. The first kappa shape index (κ1) is 11.3. The van der Waals surface area contributed by atoms with Gasteiger partial charge in [-0.05, 0) is 33.7 Å². The normalized spacial score (nSPS) is 38.0. The molecule has 0 saturated carbocycles. The highest BCUT2D eigenvalue weighted by Crippen LogP contribution is 2.19. The third-order valence-electron chi connectivity index (χ3n) is 3.26. The van der Waals surface area contributed by atoms with Gasteiger partial charge in [-0.15, -0.1) is 0 Å². The number of ether oxygens (including phenoxy) is 1. The molecule has 88 valence electrons. The molecule has 2 saturated heterocycles. The minimum Gasteiger partial charge on any atom is -0.361 e. The van der Waals surface area contributed by atoms with Gasteiger partial charge in [0.05, 0.1) is 12.3 Å². The Hall–Kier alpha value is -0.160. The summed E-state index contributed by atoms with van der Waals surface area (Å²) in [6.45, 7) is 6.41. The summed E-state index contributed by atoms with van der Waals surface area (Å²) in [5, 5.41) is 7.14. The van der Waals surface area contributed by atoms with Crippen LogP contribution in [0, 0.1) is 0 Å². The van der Waals surface area contributed by atoms with E-state index in [0.717, 1.165) is 19.5 Å². The van der Waals surface area contributed by atoms with Crippen LogP contribution in [0.2, 0.25) is 0 Å². The van der Waals surface area contributed by atoms with Crippen LogP contribution in [0.1, 0.15) is 26.7 Å². The molecule has 4 nitrogen and oxygen atoms in total. The maximum atomic E-state index is 5.82. The topological polar surface area (TPSA) is 36.5 Å². The van der Waals surface area contributed by atoms with E-state index in [2.05, 4.69) is 36.4 Å². The Kier molecular flexibility index (Phi) is 3.61. The van der Waals surface area contributed by atoms with Crippen LogP contribution in [0.15, 0.2) is 0 Å². The Morgan fingerprint density at radius 1 is 1.33 bits per heavy atom. The van der Waals surface area contributed by atoms with Crippen molar-refractivity contribution in [3.63, 3.8) is 0 Å². The molecule has 2 heterocycles. The van der Waals surface area contributed by atoms with Crippen molar-refractivity contribution in [3.05, 3.63) is 0 Å². The molecule has 3 unspecified atom stereocenters. The van der Waals surface area contributed by atoms with Crippen LogP contribution in [0.3, 0.4) is 0 Å². The summed E-state index contributed by atoms with van der Waals surface area (Å²) in [7, 11) is 2.18. The summed E-state index contributed by atoms with van der Waals surface area (Å²) in [6.07, 6.45) is 3.30. The van der Waals surface area contributed by atoms with Crippen molar-refractivity contribution in [1.29, 1.82) is 0 Å². The molecule has 0 radical (unpaired) electrons. The van der Waals surface area contributed by atoms with Crippen LogP contribution >= 0.6 is 0 Å². The molecule has 0 bridgehead atoms. The minimum atomic E-state index is 0.230. The highest BCUT2D eigenvalue weighted by molar-refractivity contribution is 4.91. The van der Waals surface area contributed by atoms with Gasteiger partial charge in [0.2, 0.25) is 0 Å². The van der Waals surface area contributed by atoms with E-state index < -0.39 is 0 Å². The van der Waals surface area contributed by atoms with Gasteiger partial charge in [0.1, 0.15) is 6.23 Å². The van der Waals surface area contributed by atoms with Crippen molar-refractivity contribution in [2.45, 2.75) is 51.2 Å². The zero-order valence-corrected chi connectivity index (χ0v) is 9.99. The highest BCUT2D eigenvalue weighted by Gasteiger charge is 2.34. The van der Waals surface area contributed by atoms with Crippen molar-refractivity contribution in [2.24, 2.45) is 0 Å². The van der Waals surface area contributed by atoms with E-state index in [1.165, 1.54) is 6.42 Å². The fourth-order valence-electron chi connectivity index (χ4n) is 2.53. The number of fused-ring (bicyclic) bond motifs is 1. The number of hydrogen-bond donors (Lipinski definition) is 2. The first-order chi connectivity index (χ1) is 7.16. The fraction of sp³-hybridized carbons (Fsp3) is 1.00. The number of hydrogen-bond acceptors (Lipinski definition) is 4. The molecule has 15 heavy (non-hydrogen) atoms. The lowest BCUT2D eigenvalue weighted by molar-refractivity contribution is -0.0681. The molecule has 2 N–H and O–H groups in total. The summed E-state index contributed by atoms with van der Waals surface area (Å²) in [4.78, 5) is 2.39. The Balaban J connectivity index is 1.90. The van der Waals surface area contributed by atoms with E-state index in [0.29, 0.717) is 18.3 Å². The van der Waals surface area contributed by atoms with Crippen molar-refractivity contribution in [2.75, 3.05) is 20.1 Å². The molecule has 0 aromatic carbocycles. The highest BCUT2D eigenvalue weighted by atomic mass is 16.5. The van der Waals surface area contributed by atoms with E-state index >= 15 is 0 Å². The summed E-state index contributed by atoms with van der Waals surface area (Å²) in [5.41, 5.74) is 0. The largest absolute Gasteiger partial charge is 0.361 e. The van der Waals surface area contributed by atoms with E-state index in [4.69, 9.17) is 4.74 Å². The second kappa shape index (κ2) is 4.78. The van der Waals surface area contributed by atoms with Crippen molar-refractivity contribution >= 4 is 0 Å². The predicted octanol–water partition coefficient (Wildman–Crippen LogP) is 0.351. The Morgan fingerprint density at radius 2 is 2.13 bits per heavy atom. The molecule has 0 aromatic rings. The quantitative estimate of drug-likeness (QED) is 0.694. The second-order valence-corrected chi connectivity index (χ2v) is 4.90. The van der Waals surface area contributed by atoms with E-state index in [1.54, 1.807) is 0 Å². The molecule has 0 aromatic heterocycles. The van der Waals surface area contributed by atoms with Gasteiger partial charge >= 0.3 is 0 Å². The summed E-state index contributed by atoms with van der Waals surface area (Å²) in [6, 6.07) is 0.593. The van der Waals surface area contributed by atoms with Crippen LogP contribution in [0.25, 0.3) is 0 Å². The van der Waals surface area contributed by atoms with Crippen molar-refractivity contribution < 1.29 is 4.74 Å². The molecule has 4 heteroatoms. The lowest BCUT2D eigenvalue weighted by atomic mass is 10.00. The fourth-order valence-corrected chi connectivity index (χ4v) is 2.53. The smallest absolute Gasteiger partial charge is 0.109 e. The van der Waals surface area contributed by atoms with Crippen molar-refractivity contribution in [3.8, 4) is 0 Å². The first-order valence-electron chi connectivity index (χ1n) is 6.02. The Labute approximate surface area is 92.4 Å². The Bertz CT molecular complexity index is 210. The maximum absolute atomic E-state index is 5.82. The van der Waals surface area contributed by atoms with Gasteiger partial charge < -0.3 is 10.1 Å². The molecule has 0 aliphatic carbocycles. The summed E-state index contributed by atoms with van der Waals surface area (Å²) in [5.74, 6) is 0. The summed E-state index contributed by atoms with van der Waals surface area (Å²) >= 11 is 0. The number of piperidine rings is 1. The van der Waals surface area contributed by atoms with Crippen LogP contribution in [0.5, 0.6) is 0 Å². The van der Waals surface area contributed by atoms with Crippen molar-refractivity contribution in [1.82, 2.24) is 15.5 Å². The molecule has 2 aliphatic heterocycles. The van der Waals surface area contributed by atoms with Gasteiger partial charge in [-0.1, -0.05) is 0 Å². The average molecular weight is 213 g/mol. The number of piperazine rings is 1. The maximum Gasteiger partial charge on any atom is 0.109 e. The molecule has 2 fully saturated rings. The number of nitrogens with zero attached hydrogens (tertiary/aromatic N) is 1. The molecule has 0 amide bonds. The van der Waals surface area contributed by atoms with Crippen LogP contribution in [-0.2, 0) is 4.74 Å². The van der Waals surface area contributed by atoms with Crippen LogP contribution in [-0.4, -0.2) is 49.6 Å². The second-order valence-electron chi connectivity index (χ2n) is 4.90. The van der Waals surface area contributed by atoms with Gasteiger partial charge in [-0.25, -0.2) is 0 Å². The van der Waals surface area contributed by atoms with Gasteiger partial charge in [0.15, 0.2) is 0 Å². The first-order valence-corrected chi connectivity index (χ1v) is 6.02. The molecule has 2 rings (SSSR count). The molecular weight excluding hydrogens is 190 g/mol. The molecular formula is C11H23N3O. The third-order valence-corrected chi connectivity index (χ3v) is 3.26. The molecule has 0 spiro atoms. The number of rotatable bonds is 2. The monoisotopic (exact) mass is 213 g/mol. The van der Waals surface area contributed by atoms with E-state index in [9.17, 15) is 0 Å². The molecule has 3 atom stereocenters. The third kappa shape index (κ3) is 2.69. The predicted molar refractivity (Wildman–Crippen MR) is 60.6 cm³/mol. The van der Waals surface area contributed by atoms with Gasteiger partial charge in [-0.3, -0.25) is 10.2 Å².